The second kappa shape index (κ2) is 2.70. The van der Waals surface area contributed by atoms with Crippen molar-refractivity contribution in [2.24, 2.45) is 0 Å². The summed E-state index contributed by atoms with van der Waals surface area (Å²) in [6.45, 7) is 4.48. The third kappa shape index (κ3) is 1.14. The molecule has 0 fully saturated rings. The van der Waals surface area contributed by atoms with Crippen molar-refractivity contribution in [3.63, 3.8) is 0 Å². The van der Waals surface area contributed by atoms with Crippen LogP contribution in [0.4, 0.5) is 10.5 Å². The van der Waals surface area contributed by atoms with Crippen molar-refractivity contribution in [1.29, 1.82) is 0 Å². The van der Waals surface area contributed by atoms with E-state index in [-0.39, 0.29) is 5.41 Å². The Hall–Kier alpha value is -1.58. The zero-order chi connectivity index (χ0) is 10.3. The van der Waals surface area contributed by atoms with Gasteiger partial charge in [0.15, 0.2) is 0 Å². The third-order valence-corrected chi connectivity index (χ3v) is 2.50. The zero-order valence-corrected chi connectivity index (χ0v) is 8.19. The smallest absolute Gasteiger partial charge is 0.411 e. The van der Waals surface area contributed by atoms with Gasteiger partial charge in [0.05, 0.1) is 11.4 Å². The summed E-state index contributed by atoms with van der Waals surface area (Å²) in [7, 11) is 0. The molecular weight excluding hydrogens is 180 g/mol. The van der Waals surface area contributed by atoms with Gasteiger partial charge in [0, 0.05) is 18.2 Å². The third-order valence-electron chi connectivity index (χ3n) is 2.50. The molecule has 0 bridgehead atoms. The molecule has 4 nitrogen and oxygen atoms in total. The lowest BCUT2D eigenvalue weighted by Gasteiger charge is -2.17. The number of carboxylic acid groups (broad SMARTS) is 1. The molecule has 1 amide bonds. The first-order valence-electron chi connectivity index (χ1n) is 4.48. The van der Waals surface area contributed by atoms with Crippen LogP contribution in [0.5, 0.6) is 0 Å². The highest BCUT2D eigenvalue weighted by Crippen LogP contribution is 2.38. The Balaban J connectivity index is 2.55. The molecule has 2 heterocycles. The van der Waals surface area contributed by atoms with E-state index >= 15 is 0 Å². The van der Waals surface area contributed by atoms with Gasteiger partial charge in [-0.1, -0.05) is 13.8 Å². The van der Waals surface area contributed by atoms with Crippen molar-refractivity contribution < 1.29 is 9.90 Å². The molecule has 14 heavy (non-hydrogen) atoms. The molecule has 4 heteroatoms. The molecule has 74 valence electrons. The average molecular weight is 192 g/mol. The van der Waals surface area contributed by atoms with E-state index in [9.17, 15) is 4.79 Å². The SMILES string of the molecule is CC1(C)CN(C(=O)O)c2cccnc21. The molecule has 1 N–H and O–H groups in total. The van der Waals surface area contributed by atoms with E-state index in [0.29, 0.717) is 12.2 Å². The van der Waals surface area contributed by atoms with Crippen molar-refractivity contribution >= 4 is 11.8 Å². The fraction of sp³-hybridized carbons (Fsp3) is 0.400. The van der Waals surface area contributed by atoms with E-state index in [2.05, 4.69) is 4.98 Å². The molecular formula is C10H12N2O2. The van der Waals surface area contributed by atoms with Gasteiger partial charge in [-0.15, -0.1) is 0 Å². The van der Waals surface area contributed by atoms with Crippen molar-refractivity contribution in [1.82, 2.24) is 4.98 Å². The van der Waals surface area contributed by atoms with E-state index in [0.717, 1.165) is 5.69 Å². The number of hydrogen-bond acceptors (Lipinski definition) is 2. The number of hydrogen-bond donors (Lipinski definition) is 1. The number of anilines is 1. The Kier molecular flexibility index (Phi) is 1.74. The molecule has 0 saturated heterocycles. The summed E-state index contributed by atoms with van der Waals surface area (Å²) >= 11 is 0. The lowest BCUT2D eigenvalue weighted by Crippen LogP contribution is -2.32. The monoisotopic (exact) mass is 192 g/mol. The van der Waals surface area contributed by atoms with Crippen molar-refractivity contribution in [3.05, 3.63) is 24.0 Å². The minimum Gasteiger partial charge on any atom is -0.465 e. The first-order chi connectivity index (χ1) is 6.52. The number of amides is 1. The summed E-state index contributed by atoms with van der Waals surface area (Å²) in [4.78, 5) is 16.5. The highest BCUT2D eigenvalue weighted by Gasteiger charge is 2.38. The second-order valence-corrected chi connectivity index (χ2v) is 4.12. The summed E-state index contributed by atoms with van der Waals surface area (Å²) in [5.74, 6) is 0. The van der Waals surface area contributed by atoms with E-state index < -0.39 is 6.09 Å². The Labute approximate surface area is 82.2 Å². The van der Waals surface area contributed by atoms with E-state index in [1.54, 1.807) is 18.3 Å². The average Bonchev–Trinajstić information content (AvgIpc) is 2.40. The summed E-state index contributed by atoms with van der Waals surface area (Å²) in [6, 6.07) is 3.56. The molecule has 0 atom stereocenters. The van der Waals surface area contributed by atoms with Gasteiger partial charge in [-0.05, 0) is 12.1 Å². The van der Waals surface area contributed by atoms with Crippen LogP contribution in [0.25, 0.3) is 0 Å². The maximum atomic E-state index is 11.0. The quantitative estimate of drug-likeness (QED) is 0.682. The van der Waals surface area contributed by atoms with Gasteiger partial charge in [-0.25, -0.2) is 4.79 Å². The summed E-state index contributed by atoms with van der Waals surface area (Å²) < 4.78 is 0. The normalized spacial score (nSPS) is 18.0. The standard InChI is InChI=1S/C10H12N2O2/c1-10(2)6-12(9(13)14)7-4-3-5-11-8(7)10/h3-5H,6H2,1-2H3,(H,13,14). The molecule has 1 aromatic rings. The van der Waals surface area contributed by atoms with Crippen LogP contribution in [0.1, 0.15) is 19.5 Å². The van der Waals surface area contributed by atoms with Crippen molar-refractivity contribution in [2.75, 3.05) is 11.4 Å². The number of rotatable bonds is 0. The van der Waals surface area contributed by atoms with Crippen LogP contribution in [0, 0.1) is 0 Å². The first-order valence-corrected chi connectivity index (χ1v) is 4.48. The number of nitrogens with zero attached hydrogens (tertiary/aromatic N) is 2. The maximum Gasteiger partial charge on any atom is 0.411 e. The molecule has 0 aliphatic carbocycles. The van der Waals surface area contributed by atoms with Gasteiger partial charge >= 0.3 is 6.09 Å². The highest BCUT2D eigenvalue weighted by atomic mass is 16.4. The largest absolute Gasteiger partial charge is 0.465 e. The highest BCUT2D eigenvalue weighted by molar-refractivity contribution is 5.89. The van der Waals surface area contributed by atoms with Crippen LogP contribution in [-0.4, -0.2) is 22.7 Å². The number of aromatic nitrogens is 1. The molecule has 0 spiro atoms. The number of fused-ring (bicyclic) bond motifs is 1. The Morgan fingerprint density at radius 2 is 2.36 bits per heavy atom. The summed E-state index contributed by atoms with van der Waals surface area (Å²) in [5.41, 5.74) is 1.39. The van der Waals surface area contributed by atoms with Crippen LogP contribution in [0.2, 0.25) is 0 Å². The topological polar surface area (TPSA) is 53.4 Å². The number of pyridine rings is 1. The fourth-order valence-corrected chi connectivity index (χ4v) is 1.86. The molecule has 1 aliphatic rings. The Morgan fingerprint density at radius 3 is 3.00 bits per heavy atom. The van der Waals surface area contributed by atoms with Crippen molar-refractivity contribution in [3.8, 4) is 0 Å². The number of carbonyl (C=O) groups is 1. The van der Waals surface area contributed by atoms with E-state index in [4.69, 9.17) is 5.11 Å². The van der Waals surface area contributed by atoms with Gasteiger partial charge in [0.2, 0.25) is 0 Å². The summed E-state index contributed by atoms with van der Waals surface area (Å²) in [6.07, 6.45) is 0.788. The lowest BCUT2D eigenvalue weighted by molar-refractivity contribution is 0.201. The summed E-state index contributed by atoms with van der Waals surface area (Å²) in [5, 5.41) is 8.99. The Morgan fingerprint density at radius 1 is 1.64 bits per heavy atom. The maximum absolute atomic E-state index is 11.0. The predicted octanol–water partition coefficient (Wildman–Crippen LogP) is 1.86. The minimum atomic E-state index is -0.912. The molecule has 1 aromatic heterocycles. The predicted molar refractivity (Wildman–Crippen MR) is 52.6 cm³/mol. The fourth-order valence-electron chi connectivity index (χ4n) is 1.86. The molecule has 0 saturated carbocycles. The zero-order valence-electron chi connectivity index (χ0n) is 8.19. The van der Waals surface area contributed by atoms with E-state index in [1.807, 2.05) is 13.8 Å². The molecule has 2 rings (SSSR count). The second-order valence-electron chi connectivity index (χ2n) is 4.12. The molecule has 0 radical (unpaired) electrons. The van der Waals surface area contributed by atoms with Crippen molar-refractivity contribution in [2.45, 2.75) is 19.3 Å². The van der Waals surface area contributed by atoms with Gasteiger partial charge in [-0.3, -0.25) is 9.88 Å². The van der Waals surface area contributed by atoms with Crippen LogP contribution < -0.4 is 4.90 Å². The minimum absolute atomic E-state index is 0.186. The van der Waals surface area contributed by atoms with Crippen LogP contribution in [0.3, 0.4) is 0 Å². The molecule has 0 aromatic carbocycles. The lowest BCUT2D eigenvalue weighted by atomic mass is 9.91. The van der Waals surface area contributed by atoms with E-state index in [1.165, 1.54) is 4.90 Å². The molecule has 0 unspecified atom stereocenters. The van der Waals surface area contributed by atoms with Crippen LogP contribution >= 0.6 is 0 Å². The van der Waals surface area contributed by atoms with Crippen LogP contribution in [0.15, 0.2) is 18.3 Å². The van der Waals surface area contributed by atoms with Gasteiger partial charge < -0.3 is 5.11 Å². The van der Waals surface area contributed by atoms with Gasteiger partial charge in [0.1, 0.15) is 0 Å². The Bertz CT molecular complexity index is 387. The molecule has 1 aliphatic heterocycles. The van der Waals surface area contributed by atoms with Gasteiger partial charge in [0.25, 0.3) is 0 Å². The first kappa shape index (κ1) is 8.99. The van der Waals surface area contributed by atoms with Crippen LogP contribution in [-0.2, 0) is 5.41 Å². The van der Waals surface area contributed by atoms with Gasteiger partial charge in [-0.2, -0.15) is 0 Å².